The van der Waals surface area contributed by atoms with Gasteiger partial charge in [-0.2, -0.15) is 0 Å². The molecule has 3 aliphatic rings. The highest BCUT2D eigenvalue weighted by Crippen LogP contribution is 2.44. The van der Waals surface area contributed by atoms with E-state index in [-0.39, 0.29) is 6.03 Å². The highest BCUT2D eigenvalue weighted by molar-refractivity contribution is 7.18. The Morgan fingerprint density at radius 2 is 1.85 bits per heavy atom. The van der Waals surface area contributed by atoms with Crippen LogP contribution in [-0.2, 0) is 0 Å². The van der Waals surface area contributed by atoms with Gasteiger partial charge in [0.15, 0.2) is 0 Å². The summed E-state index contributed by atoms with van der Waals surface area (Å²) in [5.74, 6) is 1.95. The lowest BCUT2D eigenvalue weighted by Crippen LogP contribution is -2.49. The fourth-order valence-corrected chi connectivity index (χ4v) is 5.47. The summed E-state index contributed by atoms with van der Waals surface area (Å²) in [5, 5.41) is 5.28. The Hall–Kier alpha value is -1.33. The minimum absolute atomic E-state index is 0.156. The van der Waals surface area contributed by atoms with Crippen LogP contribution in [0.25, 0.3) is 10.2 Å². The van der Waals surface area contributed by atoms with Crippen LogP contribution in [0.3, 0.4) is 0 Å². The molecule has 0 spiro atoms. The molecule has 0 bridgehead atoms. The summed E-state index contributed by atoms with van der Waals surface area (Å²) >= 11 is 7.84. The molecule has 0 atom stereocenters. The van der Waals surface area contributed by atoms with E-state index in [0.717, 1.165) is 48.3 Å². The number of hydrogen-bond donors (Lipinski definition) is 1. The standard InChI is InChI=1S/C20H24ClN3OS/c21-15-5-6-17-16(11-15)22-19(26-17)14-7-9-24(10-8-14)20(25)23-18(12-1-2-12)13-3-4-13/h5-6,11-14,18H,1-4,7-10H2,(H,23,25). The molecule has 1 aromatic carbocycles. The number of aromatic nitrogens is 1. The number of likely N-dealkylation sites (tertiary alicyclic amines) is 1. The predicted molar refractivity (Wildman–Crippen MR) is 106 cm³/mol. The first-order valence-corrected chi connectivity index (χ1v) is 11.0. The highest BCUT2D eigenvalue weighted by atomic mass is 35.5. The second-order valence-corrected chi connectivity index (χ2v) is 9.57. The molecule has 2 amide bonds. The first-order valence-electron chi connectivity index (χ1n) is 9.79. The van der Waals surface area contributed by atoms with Crippen molar-refractivity contribution in [3.8, 4) is 0 Å². The van der Waals surface area contributed by atoms with E-state index in [2.05, 4.69) is 11.4 Å². The molecule has 2 aliphatic carbocycles. The summed E-state index contributed by atoms with van der Waals surface area (Å²) in [6.07, 6.45) is 7.18. The van der Waals surface area contributed by atoms with Crippen LogP contribution < -0.4 is 5.32 Å². The molecular formula is C20H24ClN3OS. The van der Waals surface area contributed by atoms with Gasteiger partial charge < -0.3 is 10.2 Å². The highest BCUT2D eigenvalue weighted by Gasteiger charge is 2.42. The van der Waals surface area contributed by atoms with E-state index in [1.807, 2.05) is 17.0 Å². The van der Waals surface area contributed by atoms with Crippen molar-refractivity contribution in [2.45, 2.75) is 50.5 Å². The number of amides is 2. The first-order chi connectivity index (χ1) is 12.7. The summed E-state index contributed by atoms with van der Waals surface area (Å²) in [6.45, 7) is 1.66. The van der Waals surface area contributed by atoms with Crippen molar-refractivity contribution >= 4 is 39.2 Å². The number of carbonyl (C=O) groups excluding carboxylic acids is 1. The van der Waals surface area contributed by atoms with Gasteiger partial charge in [-0.25, -0.2) is 9.78 Å². The molecule has 5 rings (SSSR count). The molecule has 2 heterocycles. The van der Waals surface area contributed by atoms with Crippen molar-refractivity contribution in [2.24, 2.45) is 11.8 Å². The van der Waals surface area contributed by atoms with Gasteiger partial charge in [-0.05, 0) is 68.6 Å². The minimum Gasteiger partial charge on any atom is -0.335 e. The summed E-state index contributed by atoms with van der Waals surface area (Å²) in [4.78, 5) is 19.5. The van der Waals surface area contributed by atoms with Gasteiger partial charge in [0.25, 0.3) is 0 Å². The Morgan fingerprint density at radius 1 is 1.15 bits per heavy atom. The molecule has 3 fully saturated rings. The third-order valence-corrected chi connectivity index (χ3v) is 7.48. The molecule has 2 aromatic rings. The molecule has 0 radical (unpaired) electrons. The number of nitrogens with zero attached hydrogens (tertiary/aromatic N) is 2. The SMILES string of the molecule is O=C(NC(C1CC1)C1CC1)N1CCC(c2nc3cc(Cl)ccc3s2)CC1. The number of thiazole rings is 1. The number of fused-ring (bicyclic) bond motifs is 1. The number of urea groups is 1. The quantitative estimate of drug-likeness (QED) is 0.797. The largest absolute Gasteiger partial charge is 0.335 e. The Kier molecular flexibility index (Phi) is 4.32. The molecular weight excluding hydrogens is 366 g/mol. The van der Waals surface area contributed by atoms with Crippen molar-refractivity contribution in [1.29, 1.82) is 0 Å². The average Bonchev–Trinajstić information content (AvgIpc) is 3.57. The van der Waals surface area contributed by atoms with Crippen LogP contribution in [0.2, 0.25) is 5.02 Å². The second-order valence-electron chi connectivity index (χ2n) is 8.08. The van der Waals surface area contributed by atoms with E-state index in [0.29, 0.717) is 12.0 Å². The van der Waals surface area contributed by atoms with Gasteiger partial charge in [-0.1, -0.05) is 11.6 Å². The van der Waals surface area contributed by atoms with Crippen LogP contribution in [0.1, 0.15) is 49.5 Å². The maximum Gasteiger partial charge on any atom is 0.317 e. The van der Waals surface area contributed by atoms with Crippen LogP contribution in [0.5, 0.6) is 0 Å². The molecule has 1 aliphatic heterocycles. The second kappa shape index (κ2) is 6.68. The normalized spacial score (nSPS) is 21.5. The summed E-state index contributed by atoms with van der Waals surface area (Å²) in [7, 11) is 0. The Labute approximate surface area is 162 Å². The number of rotatable bonds is 4. The average molecular weight is 390 g/mol. The van der Waals surface area contributed by atoms with Crippen LogP contribution in [0.4, 0.5) is 4.79 Å². The fourth-order valence-electron chi connectivity index (χ4n) is 4.19. The monoisotopic (exact) mass is 389 g/mol. The molecule has 2 saturated carbocycles. The van der Waals surface area contributed by atoms with Gasteiger partial charge >= 0.3 is 6.03 Å². The van der Waals surface area contributed by atoms with E-state index < -0.39 is 0 Å². The van der Waals surface area contributed by atoms with E-state index in [1.165, 1.54) is 35.4 Å². The van der Waals surface area contributed by atoms with Gasteiger partial charge in [0, 0.05) is 30.1 Å². The van der Waals surface area contributed by atoms with Crippen LogP contribution >= 0.6 is 22.9 Å². The molecule has 1 aromatic heterocycles. The van der Waals surface area contributed by atoms with Gasteiger partial charge in [0.2, 0.25) is 0 Å². The van der Waals surface area contributed by atoms with Crippen molar-refractivity contribution in [3.05, 3.63) is 28.2 Å². The number of carbonyl (C=O) groups is 1. The Morgan fingerprint density at radius 3 is 2.50 bits per heavy atom. The summed E-state index contributed by atoms with van der Waals surface area (Å²) in [6, 6.07) is 6.51. The maximum atomic E-state index is 12.7. The van der Waals surface area contributed by atoms with E-state index in [4.69, 9.17) is 16.6 Å². The molecule has 1 N–H and O–H groups in total. The zero-order valence-electron chi connectivity index (χ0n) is 14.8. The number of piperidine rings is 1. The minimum atomic E-state index is 0.156. The lowest BCUT2D eigenvalue weighted by Gasteiger charge is -2.32. The van der Waals surface area contributed by atoms with Crippen molar-refractivity contribution in [1.82, 2.24) is 15.2 Å². The Balaban J connectivity index is 1.20. The van der Waals surface area contributed by atoms with Gasteiger partial charge in [0.1, 0.15) is 0 Å². The van der Waals surface area contributed by atoms with Gasteiger partial charge in [0.05, 0.1) is 15.2 Å². The molecule has 4 nitrogen and oxygen atoms in total. The van der Waals surface area contributed by atoms with Crippen LogP contribution in [0.15, 0.2) is 18.2 Å². The summed E-state index contributed by atoms with van der Waals surface area (Å²) < 4.78 is 1.20. The zero-order chi connectivity index (χ0) is 17.7. The summed E-state index contributed by atoms with van der Waals surface area (Å²) in [5.41, 5.74) is 0.995. The lowest BCUT2D eigenvalue weighted by atomic mass is 9.98. The topological polar surface area (TPSA) is 45.2 Å². The van der Waals surface area contributed by atoms with E-state index in [9.17, 15) is 4.79 Å². The number of nitrogens with one attached hydrogen (secondary N) is 1. The number of benzene rings is 1. The van der Waals surface area contributed by atoms with Crippen LogP contribution in [0, 0.1) is 11.8 Å². The van der Waals surface area contributed by atoms with Crippen molar-refractivity contribution < 1.29 is 4.79 Å². The number of hydrogen-bond acceptors (Lipinski definition) is 3. The third kappa shape index (κ3) is 3.44. The molecule has 26 heavy (non-hydrogen) atoms. The predicted octanol–water partition coefficient (Wildman–Crippen LogP) is 5.03. The smallest absolute Gasteiger partial charge is 0.317 e. The maximum absolute atomic E-state index is 12.7. The lowest BCUT2D eigenvalue weighted by molar-refractivity contribution is 0.174. The van der Waals surface area contributed by atoms with Crippen molar-refractivity contribution in [2.75, 3.05) is 13.1 Å². The third-order valence-electron chi connectivity index (χ3n) is 6.05. The van der Waals surface area contributed by atoms with Crippen molar-refractivity contribution in [3.63, 3.8) is 0 Å². The first kappa shape index (κ1) is 16.8. The molecule has 0 unspecified atom stereocenters. The van der Waals surface area contributed by atoms with Gasteiger partial charge in [-0.15, -0.1) is 11.3 Å². The molecule has 6 heteroatoms. The molecule has 138 valence electrons. The Bertz CT molecular complexity index is 810. The van der Waals surface area contributed by atoms with Gasteiger partial charge in [-0.3, -0.25) is 0 Å². The number of halogens is 1. The molecule has 1 saturated heterocycles. The van der Waals surface area contributed by atoms with E-state index >= 15 is 0 Å². The van der Waals surface area contributed by atoms with E-state index in [1.54, 1.807) is 11.3 Å². The van der Waals surface area contributed by atoms with Crippen LogP contribution in [-0.4, -0.2) is 35.0 Å². The fraction of sp³-hybridized carbons (Fsp3) is 0.600. The zero-order valence-corrected chi connectivity index (χ0v) is 16.4.